The molecule has 2 nitrogen and oxygen atoms in total. The molecular formula is C16H7Cl3FNOS2. The molecule has 2 aromatic rings. The van der Waals surface area contributed by atoms with Crippen LogP contribution in [0.15, 0.2) is 41.3 Å². The van der Waals surface area contributed by atoms with Crippen molar-refractivity contribution in [2.24, 2.45) is 0 Å². The van der Waals surface area contributed by atoms with Gasteiger partial charge in [-0.2, -0.15) is 0 Å². The molecule has 2 aromatic carbocycles. The molecule has 24 heavy (non-hydrogen) atoms. The zero-order valence-electron chi connectivity index (χ0n) is 11.7. The number of carbonyl (C=O) groups excluding carboxylic acids is 1. The number of amides is 1. The smallest absolute Gasteiger partial charge is 0.268 e. The number of halogens is 4. The van der Waals surface area contributed by atoms with Crippen molar-refractivity contribution in [1.82, 2.24) is 0 Å². The summed E-state index contributed by atoms with van der Waals surface area (Å²) in [6.07, 6.45) is 1.40. The van der Waals surface area contributed by atoms with Crippen molar-refractivity contribution in [2.45, 2.75) is 0 Å². The Morgan fingerprint density at radius 1 is 1.08 bits per heavy atom. The second-order valence-electron chi connectivity index (χ2n) is 4.75. The van der Waals surface area contributed by atoms with E-state index in [1.807, 2.05) is 0 Å². The molecule has 0 aromatic heterocycles. The van der Waals surface area contributed by atoms with Gasteiger partial charge in [0, 0.05) is 5.56 Å². The molecule has 1 aliphatic heterocycles. The summed E-state index contributed by atoms with van der Waals surface area (Å²) in [5, 5.41) is 0.902. The Morgan fingerprint density at radius 3 is 2.50 bits per heavy atom. The summed E-state index contributed by atoms with van der Waals surface area (Å²) in [6, 6.07) is 9.09. The number of thioether (sulfide) groups is 1. The van der Waals surface area contributed by atoms with Gasteiger partial charge in [-0.15, -0.1) is 0 Å². The van der Waals surface area contributed by atoms with Crippen molar-refractivity contribution in [2.75, 3.05) is 4.90 Å². The van der Waals surface area contributed by atoms with Crippen LogP contribution in [0.5, 0.6) is 0 Å². The van der Waals surface area contributed by atoms with Crippen LogP contribution in [-0.2, 0) is 4.79 Å². The maximum absolute atomic E-state index is 13.9. The van der Waals surface area contributed by atoms with Gasteiger partial charge in [0.05, 0.1) is 25.7 Å². The van der Waals surface area contributed by atoms with Crippen molar-refractivity contribution in [3.05, 3.63) is 67.8 Å². The van der Waals surface area contributed by atoms with E-state index < -0.39 is 5.82 Å². The van der Waals surface area contributed by atoms with E-state index in [1.165, 1.54) is 23.1 Å². The van der Waals surface area contributed by atoms with Gasteiger partial charge in [-0.3, -0.25) is 9.69 Å². The van der Waals surface area contributed by atoms with Gasteiger partial charge in [0.2, 0.25) is 0 Å². The summed E-state index contributed by atoms with van der Waals surface area (Å²) < 4.78 is 14.2. The summed E-state index contributed by atoms with van der Waals surface area (Å²) in [6.45, 7) is 0. The summed E-state index contributed by atoms with van der Waals surface area (Å²) in [4.78, 5) is 14.2. The molecule has 0 aliphatic carbocycles. The maximum atomic E-state index is 13.9. The third-order valence-corrected chi connectivity index (χ3v) is 5.60. The van der Waals surface area contributed by atoms with E-state index in [0.717, 1.165) is 11.8 Å². The summed E-state index contributed by atoms with van der Waals surface area (Å²) in [5.74, 6) is -0.884. The molecule has 1 aliphatic rings. The highest BCUT2D eigenvalue weighted by Gasteiger charge is 2.33. The molecule has 1 saturated heterocycles. The number of nitrogens with zero attached hydrogens (tertiary/aromatic N) is 1. The average molecular weight is 419 g/mol. The van der Waals surface area contributed by atoms with E-state index >= 15 is 0 Å². The van der Waals surface area contributed by atoms with Crippen molar-refractivity contribution >= 4 is 80.8 Å². The maximum Gasteiger partial charge on any atom is 0.270 e. The molecular weight excluding hydrogens is 412 g/mol. The lowest BCUT2D eigenvalue weighted by atomic mass is 10.2. The minimum absolute atomic E-state index is 0.147. The molecule has 8 heteroatoms. The summed E-state index contributed by atoms with van der Waals surface area (Å²) in [7, 11) is 0. The number of hydrogen-bond donors (Lipinski definition) is 0. The second kappa shape index (κ2) is 7.02. The Hall–Kier alpha value is -1.11. The molecule has 0 saturated carbocycles. The molecule has 3 rings (SSSR count). The third-order valence-electron chi connectivity index (χ3n) is 3.23. The number of rotatable bonds is 2. The van der Waals surface area contributed by atoms with E-state index in [9.17, 15) is 9.18 Å². The highest BCUT2D eigenvalue weighted by Crippen LogP contribution is 2.38. The van der Waals surface area contributed by atoms with Crippen LogP contribution >= 0.6 is 58.8 Å². The highest BCUT2D eigenvalue weighted by molar-refractivity contribution is 8.27. The molecule has 0 radical (unpaired) electrons. The molecule has 0 N–H and O–H groups in total. The quantitative estimate of drug-likeness (QED) is 0.428. The van der Waals surface area contributed by atoms with Gasteiger partial charge in [0.25, 0.3) is 5.91 Å². The van der Waals surface area contributed by atoms with Gasteiger partial charge in [0.1, 0.15) is 5.82 Å². The number of anilines is 1. The van der Waals surface area contributed by atoms with Crippen molar-refractivity contribution < 1.29 is 9.18 Å². The van der Waals surface area contributed by atoms with E-state index in [4.69, 9.17) is 47.0 Å². The largest absolute Gasteiger partial charge is 0.270 e. The average Bonchev–Trinajstić information content (AvgIpc) is 2.80. The lowest BCUT2D eigenvalue weighted by molar-refractivity contribution is -0.113. The molecule has 1 amide bonds. The lowest BCUT2D eigenvalue weighted by Gasteiger charge is -2.15. The van der Waals surface area contributed by atoms with Crippen LogP contribution in [0, 0.1) is 5.82 Å². The van der Waals surface area contributed by atoms with Crippen LogP contribution in [-0.4, -0.2) is 10.2 Å². The van der Waals surface area contributed by atoms with Crippen LogP contribution < -0.4 is 4.90 Å². The topological polar surface area (TPSA) is 20.3 Å². The van der Waals surface area contributed by atoms with Crippen LogP contribution in [0.2, 0.25) is 15.1 Å². The van der Waals surface area contributed by atoms with Crippen LogP contribution in [0.3, 0.4) is 0 Å². The van der Waals surface area contributed by atoms with Gasteiger partial charge >= 0.3 is 0 Å². The van der Waals surface area contributed by atoms with Crippen molar-refractivity contribution in [3.8, 4) is 0 Å². The first-order chi connectivity index (χ1) is 11.4. The number of thiocarbonyl (C=S) groups is 1. The Bertz CT molecular complexity index is 881. The normalized spacial score (nSPS) is 16.3. The minimum Gasteiger partial charge on any atom is -0.268 e. The zero-order valence-corrected chi connectivity index (χ0v) is 15.6. The minimum atomic E-state index is -0.512. The fourth-order valence-corrected chi connectivity index (χ4v) is 3.88. The van der Waals surface area contributed by atoms with Crippen LogP contribution in [0.25, 0.3) is 6.08 Å². The van der Waals surface area contributed by atoms with Gasteiger partial charge in [-0.1, -0.05) is 64.8 Å². The first-order valence-corrected chi connectivity index (χ1v) is 8.91. The summed E-state index contributed by atoms with van der Waals surface area (Å²) in [5.41, 5.74) is 0.642. The van der Waals surface area contributed by atoms with E-state index in [1.54, 1.807) is 24.3 Å². The predicted octanol–water partition coefficient (Wildman–Crippen LogP) is 6.19. The molecule has 0 unspecified atom stereocenters. The molecule has 1 fully saturated rings. The van der Waals surface area contributed by atoms with Crippen molar-refractivity contribution in [1.29, 1.82) is 0 Å². The molecule has 122 valence electrons. The van der Waals surface area contributed by atoms with Gasteiger partial charge in [0.15, 0.2) is 4.32 Å². The molecule has 0 atom stereocenters. The van der Waals surface area contributed by atoms with Gasteiger partial charge in [-0.25, -0.2) is 4.39 Å². The van der Waals surface area contributed by atoms with E-state index in [-0.39, 0.29) is 21.4 Å². The number of hydrogen-bond acceptors (Lipinski definition) is 3. The van der Waals surface area contributed by atoms with Crippen LogP contribution in [0.1, 0.15) is 5.56 Å². The van der Waals surface area contributed by atoms with E-state index in [2.05, 4.69) is 0 Å². The Morgan fingerprint density at radius 2 is 1.83 bits per heavy atom. The molecule has 1 heterocycles. The second-order valence-corrected chi connectivity index (χ2v) is 7.65. The number of benzene rings is 2. The van der Waals surface area contributed by atoms with Gasteiger partial charge in [-0.05, 0) is 36.4 Å². The Kier molecular flexibility index (Phi) is 5.18. The van der Waals surface area contributed by atoms with Crippen molar-refractivity contribution in [3.63, 3.8) is 0 Å². The zero-order chi connectivity index (χ0) is 17.4. The lowest BCUT2D eigenvalue weighted by Crippen LogP contribution is -2.27. The predicted molar refractivity (Wildman–Crippen MR) is 104 cm³/mol. The Balaban J connectivity index is 2.00. The monoisotopic (exact) mass is 417 g/mol. The molecule has 0 bridgehead atoms. The highest BCUT2D eigenvalue weighted by atomic mass is 35.5. The first kappa shape index (κ1) is 17.7. The number of carbonyl (C=O) groups is 1. The Labute approximate surface area is 162 Å². The third kappa shape index (κ3) is 3.32. The van der Waals surface area contributed by atoms with Gasteiger partial charge < -0.3 is 0 Å². The molecule has 0 spiro atoms. The standard InChI is InChI=1S/C16H7Cl3FNOS2/c17-10-2-1-3-13(20)9(10)7-14-15(22)21(16(23)24-14)8-4-5-11(18)12(19)6-8/h1-7H/b14-7-. The summed E-state index contributed by atoms with van der Waals surface area (Å²) >= 11 is 24.2. The fraction of sp³-hybridized carbons (Fsp3) is 0. The van der Waals surface area contributed by atoms with E-state index in [0.29, 0.717) is 20.1 Å². The fourth-order valence-electron chi connectivity index (χ4n) is 2.09. The SMILES string of the molecule is O=C1/C(=C/c2c(F)cccc2Cl)SC(=S)N1c1ccc(Cl)c(Cl)c1. The first-order valence-electron chi connectivity index (χ1n) is 6.55. The van der Waals surface area contributed by atoms with Crippen LogP contribution in [0.4, 0.5) is 10.1 Å².